The Balaban J connectivity index is 1.88. The zero-order valence-electron chi connectivity index (χ0n) is 15.9. The lowest BCUT2D eigenvalue weighted by Gasteiger charge is -2.25. The Kier molecular flexibility index (Phi) is 5.17. The van der Waals surface area contributed by atoms with E-state index in [2.05, 4.69) is 15.9 Å². The van der Waals surface area contributed by atoms with Crippen LogP contribution in [0.3, 0.4) is 0 Å². The first-order valence-corrected chi connectivity index (χ1v) is 10.7. The maximum atomic E-state index is 14.1. The molecule has 0 fully saturated rings. The number of hydrogen-bond donors (Lipinski definition) is 0. The van der Waals surface area contributed by atoms with Gasteiger partial charge in [0.25, 0.3) is 0 Å². The number of aromatic nitrogens is 1. The van der Waals surface area contributed by atoms with E-state index in [0.717, 1.165) is 22.4 Å². The predicted molar refractivity (Wildman–Crippen MR) is 109 cm³/mol. The lowest BCUT2D eigenvalue weighted by Crippen LogP contribution is -2.25. The molecule has 0 unspecified atom stereocenters. The minimum Gasteiger partial charge on any atom is -0.453 e. The molecule has 0 amide bonds. The average molecular weight is 502 g/mol. The number of aryl methyl sites for hydroxylation is 1. The Hall–Kier alpha value is -2.00. The maximum absolute atomic E-state index is 14.1. The lowest BCUT2D eigenvalue weighted by molar-refractivity contribution is -0.156. The molecule has 158 valence electrons. The molecule has 1 atom stereocenters. The number of rotatable bonds is 3. The van der Waals surface area contributed by atoms with Crippen molar-refractivity contribution in [3.8, 4) is 0 Å². The summed E-state index contributed by atoms with van der Waals surface area (Å²) in [6, 6.07) is 7.62. The van der Waals surface area contributed by atoms with Gasteiger partial charge in [-0.2, -0.15) is 13.2 Å². The molecular formula is C21H16BrF4NO2S. The van der Waals surface area contributed by atoms with Crippen molar-refractivity contribution in [2.75, 3.05) is 0 Å². The minimum absolute atomic E-state index is 0.415. The number of carbonyl (C=O) groups is 1. The molecule has 0 aliphatic carbocycles. The minimum atomic E-state index is -4.41. The summed E-state index contributed by atoms with van der Waals surface area (Å²) in [7, 11) is 0. The van der Waals surface area contributed by atoms with E-state index >= 15 is 0 Å². The molecule has 3 nitrogen and oxygen atoms in total. The molecule has 2 heterocycles. The normalized spacial score (nSPS) is 18.6. The maximum Gasteiger partial charge on any atom is 0.416 e. The van der Waals surface area contributed by atoms with E-state index in [-0.39, 0.29) is 0 Å². The zero-order chi connectivity index (χ0) is 21.8. The molecule has 30 heavy (non-hydrogen) atoms. The number of halogens is 5. The molecule has 0 radical (unpaired) electrons. The molecule has 0 N–H and O–H groups in total. The number of benzene rings is 2. The van der Waals surface area contributed by atoms with Crippen LogP contribution in [0.1, 0.15) is 31.5 Å². The Bertz CT molecular complexity index is 1160. The third-order valence-corrected chi connectivity index (χ3v) is 6.86. The highest BCUT2D eigenvalue weighted by atomic mass is 79.9. The van der Waals surface area contributed by atoms with Gasteiger partial charge in [0.1, 0.15) is 5.82 Å². The molecule has 1 aromatic heterocycles. The number of hydrogen-bond acceptors (Lipinski definition) is 3. The SMILES string of the molecule is CC(=O)O[C@]1(C)CCn2c1c(Sc1ccc(C(F)(F)F)cc1)c1c(Br)cc(F)cc12. The topological polar surface area (TPSA) is 31.2 Å². The predicted octanol–water partition coefficient (Wildman–Crippen LogP) is 6.89. The van der Waals surface area contributed by atoms with Crippen LogP contribution in [0.4, 0.5) is 17.6 Å². The molecule has 0 bridgehead atoms. The Morgan fingerprint density at radius 3 is 2.50 bits per heavy atom. The first-order valence-electron chi connectivity index (χ1n) is 9.06. The highest BCUT2D eigenvalue weighted by molar-refractivity contribution is 9.10. The summed E-state index contributed by atoms with van der Waals surface area (Å²) in [5.74, 6) is -0.853. The monoisotopic (exact) mass is 501 g/mol. The molecule has 1 aliphatic heterocycles. The largest absolute Gasteiger partial charge is 0.453 e. The first kappa shape index (κ1) is 21.2. The van der Waals surface area contributed by atoms with Gasteiger partial charge in [-0.3, -0.25) is 4.79 Å². The van der Waals surface area contributed by atoms with Crippen LogP contribution >= 0.6 is 27.7 Å². The van der Waals surface area contributed by atoms with Gasteiger partial charge in [-0.05, 0) is 59.3 Å². The van der Waals surface area contributed by atoms with E-state index in [9.17, 15) is 22.4 Å². The van der Waals surface area contributed by atoms with Crippen molar-refractivity contribution in [1.82, 2.24) is 4.57 Å². The van der Waals surface area contributed by atoms with Crippen LogP contribution in [0.25, 0.3) is 10.9 Å². The molecule has 0 saturated heterocycles. The van der Waals surface area contributed by atoms with E-state index < -0.39 is 29.1 Å². The number of ether oxygens (including phenoxy) is 1. The summed E-state index contributed by atoms with van der Waals surface area (Å²) in [5, 5.41) is 0.731. The number of alkyl halides is 3. The fourth-order valence-corrected chi connectivity index (χ4v) is 5.90. The third kappa shape index (κ3) is 3.62. The van der Waals surface area contributed by atoms with Gasteiger partial charge in [0.2, 0.25) is 0 Å². The third-order valence-electron chi connectivity index (χ3n) is 5.12. The van der Waals surface area contributed by atoms with Crippen LogP contribution in [0.2, 0.25) is 0 Å². The zero-order valence-corrected chi connectivity index (χ0v) is 18.3. The quantitative estimate of drug-likeness (QED) is 0.289. The van der Waals surface area contributed by atoms with Crippen LogP contribution in [-0.2, 0) is 27.9 Å². The second-order valence-electron chi connectivity index (χ2n) is 7.31. The Morgan fingerprint density at radius 1 is 1.23 bits per heavy atom. The van der Waals surface area contributed by atoms with Crippen molar-refractivity contribution >= 4 is 44.6 Å². The molecule has 1 aliphatic rings. The summed E-state index contributed by atoms with van der Waals surface area (Å²) < 4.78 is 60.9. The molecule has 0 saturated carbocycles. The van der Waals surface area contributed by atoms with Gasteiger partial charge in [0.05, 0.1) is 16.8 Å². The summed E-state index contributed by atoms with van der Waals surface area (Å²) in [4.78, 5) is 13.0. The van der Waals surface area contributed by atoms with Gasteiger partial charge in [-0.1, -0.05) is 11.8 Å². The summed E-state index contributed by atoms with van der Waals surface area (Å²) in [6.07, 6.45) is -3.89. The summed E-state index contributed by atoms with van der Waals surface area (Å²) >= 11 is 4.68. The summed E-state index contributed by atoms with van der Waals surface area (Å²) in [6.45, 7) is 3.65. The van der Waals surface area contributed by atoms with Gasteiger partial charge < -0.3 is 9.30 Å². The van der Waals surface area contributed by atoms with Gasteiger partial charge >= 0.3 is 12.1 Å². The molecule has 3 aromatic rings. The second kappa shape index (κ2) is 7.30. The van der Waals surface area contributed by atoms with Crippen LogP contribution in [0, 0.1) is 5.82 Å². The van der Waals surface area contributed by atoms with Gasteiger partial charge in [0, 0.05) is 39.5 Å². The van der Waals surface area contributed by atoms with Crippen LogP contribution in [-0.4, -0.2) is 10.5 Å². The number of carbonyl (C=O) groups excluding carboxylic acids is 1. The van der Waals surface area contributed by atoms with Crippen molar-refractivity contribution in [3.63, 3.8) is 0 Å². The number of nitrogens with zero attached hydrogens (tertiary/aromatic N) is 1. The van der Waals surface area contributed by atoms with Crippen LogP contribution in [0.5, 0.6) is 0 Å². The van der Waals surface area contributed by atoms with Gasteiger partial charge in [-0.25, -0.2) is 4.39 Å². The molecule has 9 heteroatoms. The van der Waals surface area contributed by atoms with E-state index in [4.69, 9.17) is 4.74 Å². The fourth-order valence-electron chi connectivity index (χ4n) is 3.91. The van der Waals surface area contributed by atoms with Crippen molar-refractivity contribution in [1.29, 1.82) is 0 Å². The van der Waals surface area contributed by atoms with Gasteiger partial charge in [0.15, 0.2) is 5.60 Å². The van der Waals surface area contributed by atoms with Gasteiger partial charge in [-0.15, -0.1) is 0 Å². The molecule has 4 rings (SSSR count). The fraction of sp³-hybridized carbons (Fsp3) is 0.286. The lowest BCUT2D eigenvalue weighted by atomic mass is 10.0. The van der Waals surface area contributed by atoms with E-state index in [0.29, 0.717) is 33.5 Å². The first-order chi connectivity index (χ1) is 14.0. The highest BCUT2D eigenvalue weighted by Gasteiger charge is 2.42. The Labute approximate surface area is 182 Å². The van der Waals surface area contributed by atoms with Crippen molar-refractivity contribution in [3.05, 3.63) is 57.9 Å². The average Bonchev–Trinajstić information content (AvgIpc) is 3.11. The van der Waals surface area contributed by atoms with E-state index in [1.165, 1.54) is 43.0 Å². The van der Waals surface area contributed by atoms with Crippen LogP contribution < -0.4 is 0 Å². The standard InChI is InChI=1S/C21H16BrF4NO2S/c1-11(28)29-20(2)7-8-27-16-10-13(23)9-15(22)17(16)18(19(20)27)30-14-5-3-12(4-6-14)21(24,25)26/h3-6,9-10H,7-8H2,1-2H3/t20-/m1/s1. The molecule has 0 spiro atoms. The second-order valence-corrected chi connectivity index (χ2v) is 9.25. The molecular weight excluding hydrogens is 486 g/mol. The Morgan fingerprint density at radius 2 is 1.90 bits per heavy atom. The highest BCUT2D eigenvalue weighted by Crippen LogP contribution is 2.50. The van der Waals surface area contributed by atoms with E-state index in [1.807, 2.05) is 4.57 Å². The van der Waals surface area contributed by atoms with Crippen molar-refractivity contribution in [2.24, 2.45) is 0 Å². The summed E-state index contributed by atoms with van der Waals surface area (Å²) in [5.41, 5.74) is -0.299. The van der Waals surface area contributed by atoms with Crippen LogP contribution in [0.15, 0.2) is 50.7 Å². The molecule has 2 aromatic carbocycles. The number of esters is 1. The number of fused-ring (bicyclic) bond motifs is 3. The van der Waals surface area contributed by atoms with Crippen molar-refractivity contribution < 1.29 is 27.1 Å². The van der Waals surface area contributed by atoms with E-state index in [1.54, 1.807) is 6.92 Å². The van der Waals surface area contributed by atoms with Crippen molar-refractivity contribution in [2.45, 2.75) is 48.4 Å². The smallest absolute Gasteiger partial charge is 0.416 e.